The molecule has 1 aromatic carbocycles. The minimum absolute atomic E-state index is 0.0726. The Morgan fingerprint density at radius 2 is 2.00 bits per heavy atom. The van der Waals surface area contributed by atoms with Crippen molar-refractivity contribution in [1.82, 2.24) is 20.2 Å². The molecule has 9 heteroatoms. The van der Waals surface area contributed by atoms with Gasteiger partial charge in [0.2, 0.25) is 0 Å². The first-order chi connectivity index (χ1) is 13.1. The number of anilines is 3. The first-order valence-electron chi connectivity index (χ1n) is 8.66. The highest BCUT2D eigenvalue weighted by molar-refractivity contribution is 5.86. The van der Waals surface area contributed by atoms with Gasteiger partial charge in [-0.05, 0) is 32.8 Å². The van der Waals surface area contributed by atoms with Crippen LogP contribution in [0.1, 0.15) is 26.7 Å². The van der Waals surface area contributed by atoms with Crippen LogP contribution >= 0.6 is 0 Å². The van der Waals surface area contributed by atoms with Crippen molar-refractivity contribution in [3.05, 3.63) is 30.7 Å². The van der Waals surface area contributed by atoms with Gasteiger partial charge in [0.1, 0.15) is 23.7 Å². The second kappa shape index (κ2) is 8.35. The monoisotopic (exact) mass is 370 g/mol. The number of nitrogens with zero attached hydrogens (tertiary/aromatic N) is 3. The van der Waals surface area contributed by atoms with Gasteiger partial charge < -0.3 is 20.5 Å². The summed E-state index contributed by atoms with van der Waals surface area (Å²) < 4.78 is 5.93. The molecule has 1 saturated carbocycles. The second-order valence-electron chi connectivity index (χ2n) is 6.41. The van der Waals surface area contributed by atoms with Gasteiger partial charge in [0.15, 0.2) is 0 Å². The summed E-state index contributed by atoms with van der Waals surface area (Å²) in [7, 11) is 0. The molecule has 9 nitrogen and oxygen atoms in total. The van der Waals surface area contributed by atoms with E-state index in [-0.39, 0.29) is 12.6 Å². The van der Waals surface area contributed by atoms with Crippen molar-refractivity contribution in [2.24, 2.45) is 0 Å². The summed E-state index contributed by atoms with van der Waals surface area (Å²) in [4.78, 5) is 16.9. The predicted molar refractivity (Wildman–Crippen MR) is 103 cm³/mol. The van der Waals surface area contributed by atoms with Crippen molar-refractivity contribution in [3.63, 3.8) is 0 Å². The van der Waals surface area contributed by atoms with Crippen LogP contribution in [-0.4, -0.2) is 43.9 Å². The molecule has 0 amide bonds. The zero-order valence-corrected chi connectivity index (χ0v) is 15.1. The van der Waals surface area contributed by atoms with Crippen LogP contribution in [0.15, 0.2) is 30.7 Å². The van der Waals surface area contributed by atoms with Crippen molar-refractivity contribution < 1.29 is 14.6 Å². The van der Waals surface area contributed by atoms with Crippen LogP contribution in [0.3, 0.4) is 0 Å². The fourth-order valence-electron chi connectivity index (χ4n) is 2.50. The molecular formula is C18H22N6O3. The lowest BCUT2D eigenvalue weighted by molar-refractivity contribution is -0.122. The number of hydrogen-bond acceptors (Lipinski definition) is 7. The summed E-state index contributed by atoms with van der Waals surface area (Å²) in [5.74, 6) is 2.33. The van der Waals surface area contributed by atoms with E-state index >= 15 is 0 Å². The van der Waals surface area contributed by atoms with E-state index in [0.717, 1.165) is 34.0 Å². The Labute approximate surface area is 156 Å². The van der Waals surface area contributed by atoms with Crippen LogP contribution < -0.4 is 15.4 Å². The van der Waals surface area contributed by atoms with Gasteiger partial charge in [-0.15, -0.1) is 0 Å². The summed E-state index contributed by atoms with van der Waals surface area (Å²) in [6.07, 6.45) is 5.84. The SMILES string of the molecule is CC(C)Oc1cc2[nH]ncc2cc1Nc1cc(NC2CC2)ncn1.O=CO. The zero-order valence-electron chi connectivity index (χ0n) is 15.1. The van der Waals surface area contributed by atoms with Crippen LogP contribution in [0.4, 0.5) is 17.3 Å². The molecule has 0 aliphatic heterocycles. The van der Waals surface area contributed by atoms with Crippen molar-refractivity contribution in [3.8, 4) is 5.75 Å². The van der Waals surface area contributed by atoms with Gasteiger partial charge in [-0.25, -0.2) is 9.97 Å². The highest BCUT2D eigenvalue weighted by atomic mass is 16.5. The Hall–Kier alpha value is -3.36. The summed E-state index contributed by atoms with van der Waals surface area (Å²) in [5.41, 5.74) is 1.80. The number of carboxylic acid groups (broad SMARTS) is 1. The summed E-state index contributed by atoms with van der Waals surface area (Å²) in [6, 6.07) is 6.42. The molecule has 4 N–H and O–H groups in total. The standard InChI is InChI=1S/C17H20N6O.CH2O2/c1-10(2)24-15-6-13-11(8-20-23-13)5-14(15)22-17-7-16(18-9-19-17)21-12-3-4-12;2-1-3/h5-10,12H,3-4H2,1-2H3,(H,20,23)(H2,18,19,21,22);1H,(H,2,3). The Balaban J connectivity index is 0.000000659. The van der Waals surface area contributed by atoms with Gasteiger partial charge in [-0.1, -0.05) is 0 Å². The first kappa shape index (κ1) is 18.4. The maximum atomic E-state index is 8.36. The number of aromatic amines is 1. The topological polar surface area (TPSA) is 125 Å². The lowest BCUT2D eigenvalue weighted by atomic mass is 10.2. The van der Waals surface area contributed by atoms with Crippen LogP contribution in [0.25, 0.3) is 10.9 Å². The second-order valence-corrected chi connectivity index (χ2v) is 6.41. The number of rotatable bonds is 6. The smallest absolute Gasteiger partial charge is 0.290 e. The molecule has 4 rings (SSSR count). The van der Waals surface area contributed by atoms with Gasteiger partial charge in [-0.2, -0.15) is 5.10 Å². The fraction of sp³-hybridized carbons (Fsp3) is 0.333. The maximum absolute atomic E-state index is 8.36. The Morgan fingerprint density at radius 3 is 2.70 bits per heavy atom. The molecule has 1 aliphatic carbocycles. The minimum Gasteiger partial charge on any atom is -0.489 e. The van der Waals surface area contributed by atoms with Crippen LogP contribution in [0.5, 0.6) is 5.75 Å². The van der Waals surface area contributed by atoms with E-state index in [0.29, 0.717) is 6.04 Å². The number of nitrogens with one attached hydrogen (secondary N) is 3. The van der Waals surface area contributed by atoms with Crippen LogP contribution in [-0.2, 0) is 4.79 Å². The summed E-state index contributed by atoms with van der Waals surface area (Å²) >= 11 is 0. The molecule has 3 aromatic rings. The molecule has 0 saturated heterocycles. The summed E-state index contributed by atoms with van der Waals surface area (Å²) in [5, 5.41) is 21.7. The third kappa shape index (κ3) is 5.06. The van der Waals surface area contributed by atoms with E-state index in [9.17, 15) is 0 Å². The molecule has 0 bridgehead atoms. The Kier molecular flexibility index (Phi) is 5.70. The van der Waals surface area contributed by atoms with E-state index in [2.05, 4.69) is 30.8 Å². The Bertz CT molecular complexity index is 907. The number of fused-ring (bicyclic) bond motifs is 1. The molecule has 0 atom stereocenters. The molecule has 2 heterocycles. The lowest BCUT2D eigenvalue weighted by Crippen LogP contribution is -2.08. The number of carbonyl (C=O) groups is 1. The Morgan fingerprint density at radius 1 is 1.26 bits per heavy atom. The van der Waals surface area contributed by atoms with Gasteiger partial charge >= 0.3 is 0 Å². The van der Waals surface area contributed by atoms with E-state index in [1.807, 2.05) is 32.0 Å². The molecule has 0 unspecified atom stereocenters. The quantitative estimate of drug-likeness (QED) is 0.488. The molecule has 1 aliphatic rings. The fourth-order valence-corrected chi connectivity index (χ4v) is 2.50. The molecule has 0 spiro atoms. The lowest BCUT2D eigenvalue weighted by Gasteiger charge is -2.16. The van der Waals surface area contributed by atoms with E-state index in [1.165, 1.54) is 12.8 Å². The first-order valence-corrected chi connectivity index (χ1v) is 8.66. The number of hydrogen-bond donors (Lipinski definition) is 4. The predicted octanol–water partition coefficient (Wildman–Crippen LogP) is 3.16. The largest absolute Gasteiger partial charge is 0.489 e. The van der Waals surface area contributed by atoms with E-state index < -0.39 is 0 Å². The van der Waals surface area contributed by atoms with Gasteiger partial charge in [0.05, 0.1) is 23.5 Å². The number of ether oxygens (including phenoxy) is 1. The molecule has 27 heavy (non-hydrogen) atoms. The van der Waals surface area contributed by atoms with Crippen LogP contribution in [0.2, 0.25) is 0 Å². The van der Waals surface area contributed by atoms with Crippen molar-refractivity contribution in [1.29, 1.82) is 0 Å². The third-order valence-electron chi connectivity index (χ3n) is 3.76. The van der Waals surface area contributed by atoms with Crippen LogP contribution in [0, 0.1) is 0 Å². The van der Waals surface area contributed by atoms with Gasteiger partial charge in [0, 0.05) is 23.6 Å². The molecule has 0 radical (unpaired) electrons. The van der Waals surface area contributed by atoms with E-state index in [1.54, 1.807) is 12.5 Å². The van der Waals surface area contributed by atoms with E-state index in [4.69, 9.17) is 14.6 Å². The number of aromatic nitrogens is 4. The van der Waals surface area contributed by atoms with Crippen molar-refractivity contribution in [2.75, 3.05) is 10.6 Å². The normalized spacial score (nSPS) is 13.0. The molecule has 2 aromatic heterocycles. The summed E-state index contributed by atoms with van der Waals surface area (Å²) in [6.45, 7) is 3.76. The van der Waals surface area contributed by atoms with Gasteiger partial charge in [0.25, 0.3) is 6.47 Å². The minimum atomic E-state index is -0.250. The zero-order chi connectivity index (χ0) is 19.2. The number of benzene rings is 1. The average molecular weight is 370 g/mol. The van der Waals surface area contributed by atoms with Gasteiger partial charge in [-0.3, -0.25) is 9.89 Å². The molecule has 142 valence electrons. The third-order valence-corrected chi connectivity index (χ3v) is 3.76. The van der Waals surface area contributed by atoms with Crippen molar-refractivity contribution >= 4 is 34.7 Å². The average Bonchev–Trinajstić information content (AvgIpc) is 3.31. The maximum Gasteiger partial charge on any atom is 0.290 e. The highest BCUT2D eigenvalue weighted by Gasteiger charge is 2.21. The highest BCUT2D eigenvalue weighted by Crippen LogP contribution is 2.33. The number of H-pyrrole nitrogens is 1. The molecule has 1 fully saturated rings. The van der Waals surface area contributed by atoms with Crippen molar-refractivity contribution in [2.45, 2.75) is 38.8 Å². The molecular weight excluding hydrogens is 348 g/mol.